The van der Waals surface area contributed by atoms with Crippen molar-refractivity contribution >= 4 is 12.6 Å². The van der Waals surface area contributed by atoms with Crippen molar-refractivity contribution in [3.8, 4) is 5.75 Å². The Morgan fingerprint density at radius 2 is 1.79 bits per heavy atom. The van der Waals surface area contributed by atoms with Gasteiger partial charge in [-0.05, 0) is 41.7 Å². The molecule has 0 unspecified atom stereocenters. The van der Waals surface area contributed by atoms with E-state index in [1.807, 2.05) is 6.92 Å². The number of hydrogen-bond acceptors (Lipinski definition) is 3. The molecule has 0 aliphatic carbocycles. The largest absolute Gasteiger partial charge is 0.489 e. The van der Waals surface area contributed by atoms with Gasteiger partial charge in [0, 0.05) is 0 Å². The van der Waals surface area contributed by atoms with Gasteiger partial charge in [0.1, 0.15) is 18.2 Å². The number of ether oxygens (including phenoxy) is 1. The first-order chi connectivity index (χ1) is 9.06. The molecule has 19 heavy (non-hydrogen) atoms. The van der Waals surface area contributed by atoms with Crippen LogP contribution in [-0.2, 0) is 6.61 Å². The minimum absolute atomic E-state index is 0.277. The zero-order valence-electron chi connectivity index (χ0n) is 10.5. The average molecular weight is 260 g/mol. The summed E-state index contributed by atoms with van der Waals surface area (Å²) in [6, 6.07) is 11.0. The molecule has 0 saturated carbocycles. The van der Waals surface area contributed by atoms with Crippen molar-refractivity contribution in [1.29, 1.82) is 0 Å². The Hall–Kier alpha value is -1.85. The summed E-state index contributed by atoms with van der Waals surface area (Å²) < 4.78 is 18.4. The van der Waals surface area contributed by atoms with Gasteiger partial charge in [-0.1, -0.05) is 24.3 Å². The summed E-state index contributed by atoms with van der Waals surface area (Å²) in [6.45, 7) is 2.16. The molecule has 0 atom stereocenters. The highest BCUT2D eigenvalue weighted by atomic mass is 19.1. The van der Waals surface area contributed by atoms with Gasteiger partial charge in [0.2, 0.25) is 0 Å². The van der Waals surface area contributed by atoms with Gasteiger partial charge < -0.3 is 14.8 Å². The number of rotatable bonds is 4. The summed E-state index contributed by atoms with van der Waals surface area (Å²) in [4.78, 5) is 0. The van der Waals surface area contributed by atoms with Crippen LogP contribution < -0.4 is 10.2 Å². The van der Waals surface area contributed by atoms with Crippen molar-refractivity contribution in [1.82, 2.24) is 0 Å². The van der Waals surface area contributed by atoms with Crippen molar-refractivity contribution < 1.29 is 19.2 Å². The fourth-order valence-corrected chi connectivity index (χ4v) is 1.74. The number of aryl methyl sites for hydroxylation is 1. The summed E-state index contributed by atoms with van der Waals surface area (Å²) in [5.74, 6) is 0.384. The lowest BCUT2D eigenvalue weighted by Crippen LogP contribution is -2.29. The Labute approximate surface area is 111 Å². The minimum atomic E-state index is -1.48. The summed E-state index contributed by atoms with van der Waals surface area (Å²) in [5.41, 5.74) is 2.10. The highest BCUT2D eigenvalue weighted by molar-refractivity contribution is 6.58. The van der Waals surface area contributed by atoms with Gasteiger partial charge in [-0.15, -0.1) is 0 Å². The van der Waals surface area contributed by atoms with Crippen LogP contribution in [0.1, 0.15) is 11.1 Å². The molecular formula is C14H14BFO3. The predicted octanol–water partition coefficient (Wildman–Crippen LogP) is 1.39. The Morgan fingerprint density at radius 3 is 2.37 bits per heavy atom. The van der Waals surface area contributed by atoms with Gasteiger partial charge >= 0.3 is 7.12 Å². The van der Waals surface area contributed by atoms with Gasteiger partial charge in [-0.3, -0.25) is 0 Å². The average Bonchev–Trinajstić information content (AvgIpc) is 2.39. The summed E-state index contributed by atoms with van der Waals surface area (Å²) in [6.07, 6.45) is 0. The Morgan fingerprint density at radius 1 is 1.11 bits per heavy atom. The molecule has 0 saturated heterocycles. The Bertz CT molecular complexity index is 555. The molecule has 2 aromatic rings. The lowest BCUT2D eigenvalue weighted by molar-refractivity contribution is 0.304. The molecule has 2 aromatic carbocycles. The Kier molecular flexibility index (Phi) is 4.19. The molecule has 0 spiro atoms. The lowest BCUT2D eigenvalue weighted by Gasteiger charge is -2.10. The van der Waals surface area contributed by atoms with Crippen LogP contribution in [0.15, 0.2) is 42.5 Å². The van der Waals surface area contributed by atoms with Crippen molar-refractivity contribution in [2.45, 2.75) is 13.5 Å². The van der Waals surface area contributed by atoms with Crippen LogP contribution in [0.2, 0.25) is 0 Å². The summed E-state index contributed by atoms with van der Waals surface area (Å²) in [7, 11) is -1.48. The molecule has 0 aromatic heterocycles. The molecule has 3 nitrogen and oxygen atoms in total. The van der Waals surface area contributed by atoms with E-state index in [1.165, 1.54) is 12.1 Å². The second-order valence-electron chi connectivity index (χ2n) is 4.31. The molecule has 0 amide bonds. The lowest BCUT2D eigenvalue weighted by atomic mass is 9.79. The maximum atomic E-state index is 12.7. The quantitative estimate of drug-likeness (QED) is 0.817. The second kappa shape index (κ2) is 5.86. The van der Waals surface area contributed by atoms with E-state index in [9.17, 15) is 4.39 Å². The molecule has 0 fully saturated rings. The van der Waals surface area contributed by atoms with Crippen molar-refractivity contribution in [3.63, 3.8) is 0 Å². The van der Waals surface area contributed by atoms with Gasteiger partial charge in [0.05, 0.1) is 0 Å². The van der Waals surface area contributed by atoms with Crippen LogP contribution in [0, 0.1) is 12.7 Å². The highest BCUT2D eigenvalue weighted by Crippen LogP contribution is 2.17. The molecule has 2 N–H and O–H groups in total. The van der Waals surface area contributed by atoms with E-state index in [4.69, 9.17) is 14.8 Å². The number of halogens is 1. The van der Waals surface area contributed by atoms with Crippen molar-refractivity contribution in [2.75, 3.05) is 0 Å². The molecule has 0 bridgehead atoms. The summed E-state index contributed by atoms with van der Waals surface area (Å²) in [5, 5.41) is 18.1. The van der Waals surface area contributed by atoms with Crippen LogP contribution in [0.25, 0.3) is 0 Å². The first-order valence-electron chi connectivity index (χ1n) is 5.90. The molecule has 0 aliphatic heterocycles. The van der Waals surface area contributed by atoms with Crippen molar-refractivity contribution in [3.05, 3.63) is 59.4 Å². The topological polar surface area (TPSA) is 49.7 Å². The monoisotopic (exact) mass is 260 g/mol. The highest BCUT2D eigenvalue weighted by Gasteiger charge is 2.12. The first kappa shape index (κ1) is 13.6. The van der Waals surface area contributed by atoms with E-state index < -0.39 is 7.12 Å². The van der Waals surface area contributed by atoms with Crippen LogP contribution in [-0.4, -0.2) is 17.2 Å². The van der Waals surface area contributed by atoms with E-state index in [2.05, 4.69) is 0 Å². The predicted molar refractivity (Wildman–Crippen MR) is 71.7 cm³/mol. The molecule has 0 heterocycles. The van der Waals surface area contributed by atoms with Crippen molar-refractivity contribution in [2.24, 2.45) is 0 Å². The maximum Gasteiger partial charge on any atom is 0.488 e. The molecule has 5 heteroatoms. The third-order valence-electron chi connectivity index (χ3n) is 2.80. The fraction of sp³-hybridized carbons (Fsp3) is 0.143. The molecule has 0 aliphatic rings. The van der Waals surface area contributed by atoms with Crippen LogP contribution >= 0.6 is 0 Å². The smallest absolute Gasteiger partial charge is 0.488 e. The van der Waals surface area contributed by atoms with E-state index in [0.717, 1.165) is 11.1 Å². The van der Waals surface area contributed by atoms with E-state index >= 15 is 0 Å². The van der Waals surface area contributed by atoms with Crippen LogP contribution in [0.4, 0.5) is 4.39 Å². The molecule has 98 valence electrons. The Balaban J connectivity index is 2.05. The maximum absolute atomic E-state index is 12.7. The zero-order valence-corrected chi connectivity index (χ0v) is 10.5. The minimum Gasteiger partial charge on any atom is -0.489 e. The zero-order chi connectivity index (χ0) is 13.8. The van der Waals surface area contributed by atoms with Gasteiger partial charge in [-0.25, -0.2) is 4.39 Å². The third-order valence-corrected chi connectivity index (χ3v) is 2.80. The van der Waals surface area contributed by atoms with Crippen LogP contribution in [0.3, 0.4) is 0 Å². The SMILES string of the molecule is Cc1cc(B(O)O)ccc1OCc1ccc(F)cc1. The van der Waals surface area contributed by atoms with Gasteiger partial charge in [0.15, 0.2) is 0 Å². The standard InChI is InChI=1S/C14H14BFO3/c1-10-8-12(15(17)18)4-7-14(10)19-9-11-2-5-13(16)6-3-11/h2-8,17-18H,9H2,1H3. The molecular weight excluding hydrogens is 246 g/mol. The normalized spacial score (nSPS) is 10.3. The summed E-state index contributed by atoms with van der Waals surface area (Å²) >= 11 is 0. The van der Waals surface area contributed by atoms with E-state index in [1.54, 1.807) is 30.3 Å². The fourth-order valence-electron chi connectivity index (χ4n) is 1.74. The number of benzene rings is 2. The first-order valence-corrected chi connectivity index (χ1v) is 5.90. The van der Waals surface area contributed by atoms with Crippen LogP contribution in [0.5, 0.6) is 5.75 Å². The van der Waals surface area contributed by atoms with Gasteiger partial charge in [0.25, 0.3) is 0 Å². The van der Waals surface area contributed by atoms with E-state index in [-0.39, 0.29) is 5.82 Å². The number of hydrogen-bond donors (Lipinski definition) is 2. The third kappa shape index (κ3) is 3.56. The molecule has 0 radical (unpaired) electrons. The molecule has 2 rings (SSSR count). The van der Waals surface area contributed by atoms with E-state index in [0.29, 0.717) is 17.8 Å². The second-order valence-corrected chi connectivity index (χ2v) is 4.31. The van der Waals surface area contributed by atoms with Gasteiger partial charge in [-0.2, -0.15) is 0 Å².